The van der Waals surface area contributed by atoms with E-state index in [1.807, 2.05) is 25.1 Å². The predicted molar refractivity (Wildman–Crippen MR) is 106 cm³/mol. The van der Waals surface area contributed by atoms with Gasteiger partial charge in [-0.05, 0) is 44.7 Å². The van der Waals surface area contributed by atoms with E-state index >= 15 is 0 Å². The summed E-state index contributed by atoms with van der Waals surface area (Å²) in [5.74, 6) is 0.328. The first-order valence-corrected chi connectivity index (χ1v) is 9.80. The number of piperidine rings is 1. The number of alkyl halides is 1. The van der Waals surface area contributed by atoms with Crippen molar-refractivity contribution in [3.63, 3.8) is 0 Å². The molecule has 2 atom stereocenters. The highest BCUT2D eigenvalue weighted by molar-refractivity contribution is 7.14. The quantitative estimate of drug-likeness (QED) is 0.700. The maximum Gasteiger partial charge on any atom is 0.323 e. The zero-order valence-electron chi connectivity index (χ0n) is 15.5. The van der Waals surface area contributed by atoms with E-state index in [-0.39, 0.29) is 18.6 Å². The van der Waals surface area contributed by atoms with Gasteiger partial charge in [0, 0.05) is 23.5 Å². The lowest BCUT2D eigenvalue weighted by atomic mass is 10.0. The molecule has 1 fully saturated rings. The van der Waals surface area contributed by atoms with Gasteiger partial charge in [0.25, 0.3) is 0 Å². The fourth-order valence-corrected chi connectivity index (χ4v) is 3.94. The Hall–Kier alpha value is -2.72. The Kier molecular flexibility index (Phi) is 5.14. The summed E-state index contributed by atoms with van der Waals surface area (Å²) in [6, 6.07) is 6.88. The molecular formula is C18H20FN7OS. The number of urea groups is 1. The molecule has 0 unspecified atom stereocenters. The lowest BCUT2D eigenvalue weighted by molar-refractivity contribution is 0.126. The van der Waals surface area contributed by atoms with Crippen LogP contribution in [0.3, 0.4) is 0 Å². The molecule has 0 bridgehead atoms. The summed E-state index contributed by atoms with van der Waals surface area (Å²) in [5.41, 5.74) is 1.64. The predicted octanol–water partition coefficient (Wildman–Crippen LogP) is 2.62. The number of nitrogens with zero attached hydrogens (tertiary/aromatic N) is 5. The number of likely N-dealkylation sites (tertiary alicyclic amines) is 1. The van der Waals surface area contributed by atoms with Gasteiger partial charge in [-0.3, -0.25) is 5.32 Å². The van der Waals surface area contributed by atoms with Gasteiger partial charge in [0.05, 0.1) is 12.1 Å². The van der Waals surface area contributed by atoms with E-state index in [9.17, 15) is 9.18 Å². The summed E-state index contributed by atoms with van der Waals surface area (Å²) in [6.45, 7) is 2.45. The molecular weight excluding hydrogens is 381 g/mol. The number of hydrogen-bond acceptors (Lipinski definition) is 7. The number of anilines is 1. The van der Waals surface area contributed by atoms with Gasteiger partial charge in [0.2, 0.25) is 0 Å². The molecule has 8 nitrogen and oxygen atoms in total. The molecule has 1 aromatic carbocycles. The van der Waals surface area contributed by atoms with E-state index in [1.54, 1.807) is 13.1 Å². The van der Waals surface area contributed by atoms with E-state index < -0.39 is 6.17 Å². The molecule has 2 aromatic heterocycles. The van der Waals surface area contributed by atoms with Crippen LogP contribution in [0.5, 0.6) is 0 Å². The minimum absolute atomic E-state index is 0.0545. The molecule has 0 saturated carbocycles. The highest BCUT2D eigenvalue weighted by atomic mass is 32.1. The minimum atomic E-state index is -1.09. The normalized spacial score (nSPS) is 19.8. The molecule has 10 heteroatoms. The van der Waals surface area contributed by atoms with Crippen molar-refractivity contribution in [3.8, 4) is 10.6 Å². The molecule has 3 aromatic rings. The number of fused-ring (bicyclic) bond motifs is 1. The average Bonchev–Trinajstić information content (AvgIpc) is 3.13. The van der Waals surface area contributed by atoms with E-state index in [1.165, 1.54) is 16.2 Å². The van der Waals surface area contributed by atoms with Crippen molar-refractivity contribution in [1.29, 1.82) is 0 Å². The molecule has 1 aliphatic heterocycles. The number of aryl methyl sites for hydroxylation is 1. The van der Waals surface area contributed by atoms with Gasteiger partial charge in [-0.2, -0.15) is 0 Å². The largest absolute Gasteiger partial charge is 0.323 e. The summed E-state index contributed by atoms with van der Waals surface area (Å²) in [4.78, 5) is 13.9. The van der Waals surface area contributed by atoms with Crippen LogP contribution >= 0.6 is 11.3 Å². The lowest BCUT2D eigenvalue weighted by Crippen LogP contribution is -2.52. The molecule has 4 rings (SSSR count). The first-order chi connectivity index (χ1) is 13.5. The molecule has 0 radical (unpaired) electrons. The first-order valence-electron chi connectivity index (χ1n) is 8.98. The van der Waals surface area contributed by atoms with Gasteiger partial charge < -0.3 is 10.2 Å². The Bertz CT molecular complexity index is 1010. The van der Waals surface area contributed by atoms with Crippen molar-refractivity contribution < 1.29 is 9.18 Å². The number of benzene rings is 1. The zero-order chi connectivity index (χ0) is 19.7. The van der Waals surface area contributed by atoms with E-state index in [4.69, 9.17) is 0 Å². The van der Waals surface area contributed by atoms with Crippen molar-refractivity contribution in [2.24, 2.45) is 0 Å². The highest BCUT2D eigenvalue weighted by Crippen LogP contribution is 2.27. The van der Waals surface area contributed by atoms with Crippen molar-refractivity contribution >= 4 is 34.1 Å². The van der Waals surface area contributed by atoms with E-state index in [0.29, 0.717) is 24.3 Å². The van der Waals surface area contributed by atoms with Gasteiger partial charge in [-0.15, -0.1) is 20.4 Å². The molecule has 2 amide bonds. The van der Waals surface area contributed by atoms with Crippen LogP contribution in [-0.2, 0) is 0 Å². The van der Waals surface area contributed by atoms with Crippen LogP contribution in [0, 0.1) is 6.92 Å². The maximum absolute atomic E-state index is 14.1. The summed E-state index contributed by atoms with van der Waals surface area (Å²) < 4.78 is 14.1. The Labute approximate surface area is 165 Å². The summed E-state index contributed by atoms with van der Waals surface area (Å²) in [6.07, 6.45) is -0.524. The SMILES string of the molecule is CN[C@@H]1CCN(C(=O)Nc2cc3cc(-c4nnc(C)s4)ccc3nn2)C[C@H]1F. The zero-order valence-corrected chi connectivity index (χ0v) is 16.3. The van der Waals surface area contributed by atoms with E-state index in [0.717, 1.165) is 21.0 Å². The van der Waals surface area contributed by atoms with Crippen molar-refractivity contribution in [2.45, 2.75) is 25.6 Å². The Morgan fingerprint density at radius 2 is 2.11 bits per heavy atom. The monoisotopic (exact) mass is 401 g/mol. The van der Waals surface area contributed by atoms with Gasteiger partial charge in [0.15, 0.2) is 5.82 Å². The molecule has 2 N–H and O–H groups in total. The van der Waals surface area contributed by atoms with Crippen molar-refractivity contribution in [1.82, 2.24) is 30.6 Å². The number of halogens is 1. The van der Waals surface area contributed by atoms with Crippen LogP contribution in [0.1, 0.15) is 11.4 Å². The number of aromatic nitrogens is 4. The van der Waals surface area contributed by atoms with Crippen LogP contribution < -0.4 is 10.6 Å². The summed E-state index contributed by atoms with van der Waals surface area (Å²) in [5, 5.41) is 24.6. The third kappa shape index (κ3) is 3.78. The molecule has 146 valence electrons. The molecule has 1 aliphatic rings. The standard InChI is InChI=1S/C18H20FN7OS/c1-10-22-25-17(28-10)11-3-4-14-12(7-11)8-16(24-23-14)21-18(27)26-6-5-15(20-2)13(19)9-26/h3-4,7-8,13,15,20H,5-6,9H2,1-2H3,(H,21,24,27)/t13-,15-/m1/s1. The molecule has 1 saturated heterocycles. The number of carbonyl (C=O) groups excluding carboxylic acids is 1. The third-order valence-corrected chi connectivity index (χ3v) is 5.68. The van der Waals surface area contributed by atoms with Crippen LogP contribution in [-0.4, -0.2) is 63.7 Å². The third-order valence-electron chi connectivity index (χ3n) is 4.79. The number of amides is 2. The fourth-order valence-electron chi connectivity index (χ4n) is 3.26. The van der Waals surface area contributed by atoms with E-state index in [2.05, 4.69) is 31.0 Å². The van der Waals surface area contributed by atoms with Crippen LogP contribution in [0.25, 0.3) is 21.5 Å². The first kappa shape index (κ1) is 18.6. The molecule has 0 aliphatic carbocycles. The van der Waals surface area contributed by atoms with Crippen molar-refractivity contribution in [2.75, 3.05) is 25.5 Å². The molecule has 3 heterocycles. The molecule has 0 spiro atoms. The van der Waals surface area contributed by atoms with Gasteiger partial charge in [-0.25, -0.2) is 9.18 Å². The fraction of sp³-hybridized carbons (Fsp3) is 0.389. The number of carbonyl (C=O) groups is 1. The van der Waals surface area contributed by atoms with Crippen LogP contribution in [0.15, 0.2) is 24.3 Å². The summed E-state index contributed by atoms with van der Waals surface area (Å²) in [7, 11) is 1.73. The van der Waals surface area contributed by atoms with Gasteiger partial charge in [0.1, 0.15) is 16.2 Å². The molecule has 28 heavy (non-hydrogen) atoms. The minimum Gasteiger partial charge on any atom is -0.321 e. The average molecular weight is 401 g/mol. The second-order valence-corrected chi connectivity index (χ2v) is 7.89. The number of nitrogens with one attached hydrogen (secondary N) is 2. The van der Waals surface area contributed by atoms with Gasteiger partial charge >= 0.3 is 6.03 Å². The Morgan fingerprint density at radius 1 is 1.25 bits per heavy atom. The highest BCUT2D eigenvalue weighted by Gasteiger charge is 2.30. The smallest absolute Gasteiger partial charge is 0.321 e. The Balaban J connectivity index is 1.51. The topological polar surface area (TPSA) is 95.9 Å². The Morgan fingerprint density at radius 3 is 2.82 bits per heavy atom. The van der Waals surface area contributed by atoms with Gasteiger partial charge in [-0.1, -0.05) is 11.3 Å². The second-order valence-electron chi connectivity index (χ2n) is 6.71. The maximum atomic E-state index is 14.1. The number of hydrogen-bond donors (Lipinski definition) is 2. The lowest BCUT2D eigenvalue weighted by Gasteiger charge is -2.34. The second kappa shape index (κ2) is 7.72. The number of rotatable bonds is 3. The summed E-state index contributed by atoms with van der Waals surface area (Å²) >= 11 is 1.51. The van der Waals surface area contributed by atoms with Crippen molar-refractivity contribution in [3.05, 3.63) is 29.3 Å². The van der Waals surface area contributed by atoms with Crippen LogP contribution in [0.4, 0.5) is 15.0 Å². The van der Waals surface area contributed by atoms with Crippen LogP contribution in [0.2, 0.25) is 0 Å².